The van der Waals surface area contributed by atoms with Crippen LogP contribution in [0.3, 0.4) is 0 Å². The number of rotatable bonds is 6. The number of anilines is 1. The van der Waals surface area contributed by atoms with Crippen LogP contribution in [-0.2, 0) is 6.42 Å². The Morgan fingerprint density at radius 3 is 2.41 bits per heavy atom. The van der Waals surface area contributed by atoms with Crippen LogP contribution < -0.4 is 10.1 Å². The first-order chi connectivity index (χ1) is 16.5. The fraction of sp³-hybridized carbons (Fsp3) is 0.143. The molecule has 4 nitrogen and oxygen atoms in total. The van der Waals surface area contributed by atoms with Crippen LogP contribution in [0.4, 0.5) is 5.13 Å². The third-order valence-corrected chi connectivity index (χ3v) is 7.88. The summed E-state index contributed by atoms with van der Waals surface area (Å²) in [6.45, 7) is 4.11. The van der Waals surface area contributed by atoms with E-state index in [2.05, 4.69) is 48.6 Å². The Hall–Kier alpha value is -3.48. The van der Waals surface area contributed by atoms with Crippen molar-refractivity contribution in [1.29, 1.82) is 0 Å². The minimum Gasteiger partial charge on any atom is -0.497 e. The monoisotopic (exact) mass is 484 g/mol. The van der Waals surface area contributed by atoms with Crippen LogP contribution in [0.25, 0.3) is 21.3 Å². The Kier molecular flexibility index (Phi) is 6.18. The number of nitrogens with one attached hydrogen (secondary N) is 1. The molecule has 1 amide bonds. The second-order valence-electron chi connectivity index (χ2n) is 8.17. The number of hydrogen-bond acceptors (Lipinski definition) is 5. The molecule has 0 spiro atoms. The molecular formula is C28H24N2O2S2. The van der Waals surface area contributed by atoms with E-state index in [1.54, 1.807) is 7.11 Å². The molecule has 0 aliphatic carbocycles. The average molecular weight is 485 g/mol. The van der Waals surface area contributed by atoms with Gasteiger partial charge >= 0.3 is 0 Å². The van der Waals surface area contributed by atoms with Crippen LogP contribution in [-0.4, -0.2) is 18.0 Å². The van der Waals surface area contributed by atoms with Crippen LogP contribution in [0, 0.1) is 13.8 Å². The van der Waals surface area contributed by atoms with Gasteiger partial charge in [-0.05, 0) is 67.1 Å². The highest BCUT2D eigenvalue weighted by Gasteiger charge is 2.20. The van der Waals surface area contributed by atoms with Crippen molar-refractivity contribution in [3.8, 4) is 17.0 Å². The fourth-order valence-electron chi connectivity index (χ4n) is 3.99. The van der Waals surface area contributed by atoms with E-state index in [9.17, 15) is 4.79 Å². The number of carbonyl (C=O) groups is 1. The maximum Gasteiger partial charge on any atom is 0.267 e. The van der Waals surface area contributed by atoms with Crippen LogP contribution in [0.5, 0.6) is 5.75 Å². The van der Waals surface area contributed by atoms with Gasteiger partial charge in [0.2, 0.25) is 0 Å². The summed E-state index contributed by atoms with van der Waals surface area (Å²) < 4.78 is 6.37. The fourth-order valence-corrected chi connectivity index (χ4v) is 5.94. The summed E-state index contributed by atoms with van der Waals surface area (Å²) in [5.41, 5.74) is 5.35. The van der Waals surface area contributed by atoms with Crippen molar-refractivity contribution in [2.45, 2.75) is 20.3 Å². The topological polar surface area (TPSA) is 51.2 Å². The van der Waals surface area contributed by atoms with Gasteiger partial charge in [0.25, 0.3) is 5.91 Å². The van der Waals surface area contributed by atoms with Crippen LogP contribution in [0.15, 0.2) is 72.8 Å². The van der Waals surface area contributed by atoms with E-state index in [4.69, 9.17) is 9.72 Å². The number of benzene rings is 3. The maximum absolute atomic E-state index is 13.4. The summed E-state index contributed by atoms with van der Waals surface area (Å²) in [5.74, 6) is 0.689. The lowest BCUT2D eigenvalue weighted by molar-refractivity contribution is 0.103. The predicted octanol–water partition coefficient (Wildman–Crippen LogP) is 7.49. The van der Waals surface area contributed by atoms with Gasteiger partial charge in [-0.2, -0.15) is 0 Å². The normalized spacial score (nSPS) is 11.0. The number of amides is 1. The van der Waals surface area contributed by atoms with Crippen molar-refractivity contribution in [2.24, 2.45) is 0 Å². The van der Waals surface area contributed by atoms with E-state index < -0.39 is 0 Å². The zero-order valence-corrected chi connectivity index (χ0v) is 20.8. The molecule has 0 saturated carbocycles. The van der Waals surface area contributed by atoms with Crippen LogP contribution in [0.2, 0.25) is 0 Å². The number of carbonyl (C=O) groups excluding carboxylic acids is 1. The van der Waals surface area contributed by atoms with Crippen molar-refractivity contribution in [3.63, 3.8) is 0 Å². The van der Waals surface area contributed by atoms with Crippen LogP contribution in [0.1, 0.15) is 31.2 Å². The number of fused-ring (bicyclic) bond motifs is 1. The number of aromatic nitrogens is 1. The summed E-state index contributed by atoms with van der Waals surface area (Å²) in [6, 6.07) is 24.5. The van der Waals surface area contributed by atoms with Crippen molar-refractivity contribution >= 4 is 43.8 Å². The van der Waals surface area contributed by atoms with Gasteiger partial charge in [0.05, 0.1) is 17.7 Å². The molecule has 0 fully saturated rings. The molecule has 0 radical (unpaired) electrons. The lowest BCUT2D eigenvalue weighted by Crippen LogP contribution is -2.12. The molecule has 5 aromatic rings. The van der Waals surface area contributed by atoms with E-state index in [1.165, 1.54) is 33.8 Å². The number of nitrogens with zero attached hydrogens (tertiary/aromatic N) is 1. The number of thiophene rings is 1. The zero-order chi connectivity index (χ0) is 23.7. The summed E-state index contributed by atoms with van der Waals surface area (Å²) in [5, 5.41) is 4.80. The Morgan fingerprint density at radius 1 is 0.941 bits per heavy atom. The molecule has 2 heterocycles. The number of aryl methyl sites for hydroxylation is 2. The number of hydrogen-bond donors (Lipinski definition) is 1. The first kappa shape index (κ1) is 22.3. The minimum atomic E-state index is -0.113. The summed E-state index contributed by atoms with van der Waals surface area (Å²) in [7, 11) is 1.65. The van der Waals surface area contributed by atoms with Gasteiger partial charge in [-0.15, -0.1) is 22.7 Å². The Labute approximate surface area is 206 Å². The van der Waals surface area contributed by atoms with Gasteiger partial charge < -0.3 is 4.74 Å². The van der Waals surface area contributed by atoms with Crippen molar-refractivity contribution in [3.05, 3.63) is 99.2 Å². The molecule has 0 bridgehead atoms. The molecule has 0 unspecified atom stereocenters. The van der Waals surface area contributed by atoms with Gasteiger partial charge in [-0.1, -0.05) is 48.0 Å². The van der Waals surface area contributed by atoms with Crippen molar-refractivity contribution in [1.82, 2.24) is 4.98 Å². The van der Waals surface area contributed by atoms with Gasteiger partial charge in [-0.25, -0.2) is 4.98 Å². The number of thiazole rings is 1. The molecule has 0 atom stereocenters. The summed E-state index contributed by atoms with van der Waals surface area (Å²) >= 11 is 3.03. The zero-order valence-electron chi connectivity index (χ0n) is 19.2. The van der Waals surface area contributed by atoms with Gasteiger partial charge in [-0.3, -0.25) is 10.1 Å². The predicted molar refractivity (Wildman–Crippen MR) is 143 cm³/mol. The molecule has 0 aliphatic heterocycles. The second kappa shape index (κ2) is 9.41. The van der Waals surface area contributed by atoms with E-state index >= 15 is 0 Å². The molecule has 5 rings (SSSR count). The SMILES string of the molecule is COc1ccc(-c2nc(NC(=O)c3sc4ccccc4c3Cc3ccc(C)cc3)sc2C)cc1. The van der Waals surface area contributed by atoms with E-state index in [-0.39, 0.29) is 5.91 Å². The molecule has 0 saturated heterocycles. The molecule has 1 N–H and O–H groups in total. The van der Waals surface area contributed by atoms with Crippen molar-refractivity contribution < 1.29 is 9.53 Å². The second-order valence-corrected chi connectivity index (χ2v) is 10.4. The summed E-state index contributed by atoms with van der Waals surface area (Å²) in [6.07, 6.45) is 0.709. The molecular weight excluding hydrogens is 460 g/mol. The van der Waals surface area contributed by atoms with E-state index in [1.807, 2.05) is 43.3 Å². The van der Waals surface area contributed by atoms with Gasteiger partial charge in [0, 0.05) is 15.1 Å². The molecule has 3 aromatic carbocycles. The molecule has 170 valence electrons. The third-order valence-electron chi connectivity index (χ3n) is 5.79. The highest BCUT2D eigenvalue weighted by molar-refractivity contribution is 7.21. The Balaban J connectivity index is 1.45. The lowest BCUT2D eigenvalue weighted by Gasteiger charge is -2.06. The van der Waals surface area contributed by atoms with Gasteiger partial charge in [0.1, 0.15) is 5.75 Å². The van der Waals surface area contributed by atoms with Crippen molar-refractivity contribution in [2.75, 3.05) is 12.4 Å². The highest BCUT2D eigenvalue weighted by Crippen LogP contribution is 2.35. The molecule has 6 heteroatoms. The highest BCUT2D eigenvalue weighted by atomic mass is 32.1. The first-order valence-electron chi connectivity index (χ1n) is 11.0. The van der Waals surface area contributed by atoms with Crippen LogP contribution >= 0.6 is 22.7 Å². The minimum absolute atomic E-state index is 0.113. The lowest BCUT2D eigenvalue weighted by atomic mass is 10.0. The smallest absolute Gasteiger partial charge is 0.267 e. The maximum atomic E-state index is 13.4. The molecule has 0 aliphatic rings. The first-order valence-corrected chi connectivity index (χ1v) is 12.6. The quantitative estimate of drug-likeness (QED) is 0.272. The number of ether oxygens (including phenoxy) is 1. The average Bonchev–Trinajstić information content (AvgIpc) is 3.40. The summed E-state index contributed by atoms with van der Waals surface area (Å²) in [4.78, 5) is 20.0. The number of methoxy groups -OCH3 is 1. The Morgan fingerprint density at radius 2 is 1.68 bits per heavy atom. The standard InChI is InChI=1S/C28H24N2O2S2/c1-17-8-10-19(11-9-17)16-23-22-6-4-5-7-24(22)34-26(23)27(31)30-28-29-25(18(2)33-28)20-12-14-21(32-3)15-13-20/h4-15H,16H2,1-3H3,(H,29,30,31). The molecule has 2 aromatic heterocycles. The Bertz CT molecular complexity index is 1470. The van der Waals surface area contributed by atoms with E-state index in [0.29, 0.717) is 11.6 Å². The third kappa shape index (κ3) is 4.47. The molecule has 34 heavy (non-hydrogen) atoms. The largest absolute Gasteiger partial charge is 0.497 e. The van der Waals surface area contributed by atoms with E-state index in [0.717, 1.165) is 42.4 Å². The van der Waals surface area contributed by atoms with Gasteiger partial charge in [0.15, 0.2) is 5.13 Å².